The summed E-state index contributed by atoms with van der Waals surface area (Å²) in [4.78, 5) is 33.8. The molecule has 3 rings (SSSR count). The zero-order valence-electron chi connectivity index (χ0n) is 14.2. The van der Waals surface area contributed by atoms with Gasteiger partial charge >= 0.3 is 11.7 Å². The van der Waals surface area contributed by atoms with Crippen LogP contribution in [0.25, 0.3) is 17.2 Å². The normalized spacial score (nSPS) is 11.1. The molecule has 1 heterocycles. The Kier molecular flexibility index (Phi) is 5.46. The van der Waals surface area contributed by atoms with E-state index in [4.69, 9.17) is 9.15 Å². The fourth-order valence-electron chi connectivity index (χ4n) is 2.58. The Hall–Kier alpha value is -3.68. The quantitative estimate of drug-likeness (QED) is 0.209. The zero-order chi connectivity index (χ0) is 19.2. The minimum atomic E-state index is -0.564. The summed E-state index contributed by atoms with van der Waals surface area (Å²) in [7, 11) is 0. The van der Waals surface area contributed by atoms with Crippen molar-refractivity contribution in [3.8, 4) is 0 Å². The van der Waals surface area contributed by atoms with Gasteiger partial charge < -0.3 is 9.15 Å². The van der Waals surface area contributed by atoms with E-state index in [0.717, 1.165) is 0 Å². The van der Waals surface area contributed by atoms with E-state index in [9.17, 15) is 19.7 Å². The van der Waals surface area contributed by atoms with Crippen LogP contribution in [0.2, 0.25) is 0 Å². The average molecular weight is 368 g/mol. The highest BCUT2D eigenvalue weighted by Crippen LogP contribution is 2.14. The van der Waals surface area contributed by atoms with Crippen LogP contribution in [0, 0.1) is 10.1 Å². The first-order valence-electron chi connectivity index (χ1n) is 8.22. The van der Waals surface area contributed by atoms with Crippen LogP contribution in [-0.4, -0.2) is 22.1 Å². The SMILES string of the molecule is O=C(/C=C/c1cccc([N+](=O)[O-])c1)OCCCn1c(=O)oc2ccccc21. The van der Waals surface area contributed by atoms with Gasteiger partial charge in [-0.15, -0.1) is 0 Å². The molecule has 0 aliphatic heterocycles. The number of hydrogen-bond donors (Lipinski definition) is 0. The van der Waals surface area contributed by atoms with Crippen molar-refractivity contribution in [1.29, 1.82) is 0 Å². The molecule has 1 aromatic heterocycles. The summed E-state index contributed by atoms with van der Waals surface area (Å²) in [6, 6.07) is 13.0. The Bertz CT molecular complexity index is 1060. The lowest BCUT2D eigenvalue weighted by atomic mass is 10.2. The van der Waals surface area contributed by atoms with E-state index < -0.39 is 16.6 Å². The van der Waals surface area contributed by atoms with E-state index in [1.54, 1.807) is 24.3 Å². The number of carbonyl (C=O) groups is 1. The number of nitro benzene ring substituents is 1. The van der Waals surface area contributed by atoms with Gasteiger partial charge in [-0.25, -0.2) is 9.59 Å². The molecule has 8 heteroatoms. The third kappa shape index (κ3) is 4.49. The lowest BCUT2D eigenvalue weighted by Gasteiger charge is -2.03. The van der Waals surface area contributed by atoms with E-state index >= 15 is 0 Å². The van der Waals surface area contributed by atoms with E-state index in [2.05, 4.69) is 0 Å². The molecule has 0 radical (unpaired) electrons. The van der Waals surface area contributed by atoms with Gasteiger partial charge in [0.05, 0.1) is 17.0 Å². The van der Waals surface area contributed by atoms with Crippen molar-refractivity contribution in [2.75, 3.05) is 6.61 Å². The lowest BCUT2D eigenvalue weighted by molar-refractivity contribution is -0.384. The third-order valence-electron chi connectivity index (χ3n) is 3.84. The predicted octanol–water partition coefficient (Wildman–Crippen LogP) is 3.15. The minimum Gasteiger partial charge on any atom is -0.462 e. The van der Waals surface area contributed by atoms with Gasteiger partial charge in [0, 0.05) is 24.8 Å². The van der Waals surface area contributed by atoms with Crippen LogP contribution in [0.15, 0.2) is 63.8 Å². The number of rotatable bonds is 7. The summed E-state index contributed by atoms with van der Waals surface area (Å²) < 4.78 is 11.7. The van der Waals surface area contributed by atoms with E-state index in [0.29, 0.717) is 29.6 Å². The number of fused-ring (bicyclic) bond motifs is 1. The van der Waals surface area contributed by atoms with Gasteiger partial charge in [-0.3, -0.25) is 14.7 Å². The second-order valence-electron chi connectivity index (χ2n) is 5.69. The van der Waals surface area contributed by atoms with Gasteiger partial charge in [0.15, 0.2) is 5.58 Å². The fourth-order valence-corrected chi connectivity index (χ4v) is 2.58. The number of nitrogens with zero attached hydrogens (tertiary/aromatic N) is 2. The smallest absolute Gasteiger partial charge is 0.419 e. The molecule has 0 bridgehead atoms. The topological polar surface area (TPSA) is 105 Å². The molecule has 0 atom stereocenters. The summed E-state index contributed by atoms with van der Waals surface area (Å²) in [5.74, 6) is -1.01. The van der Waals surface area contributed by atoms with Gasteiger partial charge in [-0.2, -0.15) is 0 Å². The monoisotopic (exact) mass is 368 g/mol. The second kappa shape index (κ2) is 8.13. The molecular formula is C19H16N2O6. The number of nitro groups is 1. The Morgan fingerprint density at radius 2 is 2.04 bits per heavy atom. The van der Waals surface area contributed by atoms with Crippen molar-refractivity contribution in [2.24, 2.45) is 0 Å². The maximum Gasteiger partial charge on any atom is 0.419 e. The Morgan fingerprint density at radius 1 is 1.22 bits per heavy atom. The van der Waals surface area contributed by atoms with Crippen LogP contribution >= 0.6 is 0 Å². The van der Waals surface area contributed by atoms with Crippen LogP contribution in [-0.2, 0) is 16.1 Å². The average Bonchev–Trinajstić information content (AvgIpc) is 2.99. The first-order valence-corrected chi connectivity index (χ1v) is 8.22. The molecule has 0 aliphatic carbocycles. The number of esters is 1. The van der Waals surface area contributed by atoms with E-state index in [1.165, 1.54) is 34.9 Å². The highest BCUT2D eigenvalue weighted by Gasteiger charge is 2.08. The number of oxazole rings is 1. The second-order valence-corrected chi connectivity index (χ2v) is 5.69. The summed E-state index contributed by atoms with van der Waals surface area (Å²) >= 11 is 0. The molecule has 0 saturated heterocycles. The number of ether oxygens (including phenoxy) is 1. The fraction of sp³-hybridized carbons (Fsp3) is 0.158. The minimum absolute atomic E-state index is 0.0525. The van der Waals surface area contributed by atoms with Crippen molar-refractivity contribution in [2.45, 2.75) is 13.0 Å². The molecule has 2 aromatic carbocycles. The molecule has 0 amide bonds. The maximum atomic E-state index is 11.8. The van der Waals surface area contributed by atoms with Crippen LogP contribution in [0.1, 0.15) is 12.0 Å². The number of hydrogen-bond acceptors (Lipinski definition) is 6. The maximum absolute atomic E-state index is 11.8. The van der Waals surface area contributed by atoms with Gasteiger partial charge in [-0.1, -0.05) is 24.3 Å². The van der Waals surface area contributed by atoms with E-state index in [-0.39, 0.29) is 12.3 Å². The zero-order valence-corrected chi connectivity index (χ0v) is 14.2. The Morgan fingerprint density at radius 3 is 2.85 bits per heavy atom. The van der Waals surface area contributed by atoms with Crippen LogP contribution < -0.4 is 5.76 Å². The summed E-state index contributed by atoms with van der Waals surface area (Å²) in [6.45, 7) is 0.488. The first kappa shape index (κ1) is 18.1. The molecule has 0 aliphatic rings. The van der Waals surface area contributed by atoms with E-state index in [1.807, 2.05) is 6.07 Å². The van der Waals surface area contributed by atoms with Crippen molar-refractivity contribution in [3.05, 3.63) is 80.8 Å². The number of non-ortho nitro benzene ring substituents is 1. The van der Waals surface area contributed by atoms with Gasteiger partial charge in [-0.05, 0) is 30.2 Å². The lowest BCUT2D eigenvalue weighted by Crippen LogP contribution is -2.15. The molecule has 0 unspecified atom stereocenters. The summed E-state index contributed by atoms with van der Waals surface area (Å²) in [5, 5.41) is 10.7. The number of aromatic nitrogens is 1. The molecule has 0 fully saturated rings. The first-order chi connectivity index (χ1) is 13.0. The van der Waals surface area contributed by atoms with Crippen molar-refractivity contribution >= 4 is 28.8 Å². The summed E-state index contributed by atoms with van der Waals surface area (Å²) in [6.07, 6.45) is 3.10. The predicted molar refractivity (Wildman–Crippen MR) is 98.2 cm³/mol. The third-order valence-corrected chi connectivity index (χ3v) is 3.84. The van der Waals surface area contributed by atoms with Gasteiger partial charge in [0.1, 0.15) is 0 Å². The molecule has 8 nitrogen and oxygen atoms in total. The van der Waals surface area contributed by atoms with Crippen LogP contribution in [0.5, 0.6) is 0 Å². The number of benzene rings is 2. The van der Waals surface area contributed by atoms with Gasteiger partial charge in [0.2, 0.25) is 0 Å². The van der Waals surface area contributed by atoms with Crippen molar-refractivity contribution < 1.29 is 18.9 Å². The summed E-state index contributed by atoms with van der Waals surface area (Å²) in [5.41, 5.74) is 1.68. The van der Waals surface area contributed by atoms with Crippen LogP contribution in [0.4, 0.5) is 5.69 Å². The van der Waals surface area contributed by atoms with Crippen LogP contribution in [0.3, 0.4) is 0 Å². The molecular weight excluding hydrogens is 352 g/mol. The molecule has 138 valence electrons. The van der Waals surface area contributed by atoms with Gasteiger partial charge in [0.25, 0.3) is 5.69 Å². The van der Waals surface area contributed by atoms with Crippen molar-refractivity contribution in [1.82, 2.24) is 4.57 Å². The highest BCUT2D eigenvalue weighted by atomic mass is 16.6. The number of para-hydroxylation sites is 2. The largest absolute Gasteiger partial charge is 0.462 e. The molecule has 0 saturated carbocycles. The molecule has 3 aromatic rings. The number of aryl methyl sites for hydroxylation is 1. The molecule has 0 spiro atoms. The highest BCUT2D eigenvalue weighted by molar-refractivity contribution is 5.87. The number of carbonyl (C=O) groups excluding carboxylic acids is 1. The Balaban J connectivity index is 1.51. The van der Waals surface area contributed by atoms with Crippen molar-refractivity contribution in [3.63, 3.8) is 0 Å². The standard InChI is InChI=1S/C19H16N2O6/c22-18(10-9-14-5-3-6-15(13-14)21(24)25)26-12-4-11-20-16-7-1-2-8-17(16)27-19(20)23/h1-3,5-10,13H,4,11-12H2/b10-9+. The molecule has 27 heavy (non-hydrogen) atoms. The Labute approximate surface area is 153 Å². The molecule has 0 N–H and O–H groups in total.